The number of benzene rings is 2. The summed E-state index contributed by atoms with van der Waals surface area (Å²) in [4.78, 5) is 12.2. The molecule has 0 heterocycles. The first-order chi connectivity index (χ1) is 10.2. The average Bonchev–Trinajstić information content (AvgIpc) is 2.51. The van der Waals surface area contributed by atoms with E-state index in [2.05, 4.69) is 26.5 Å². The van der Waals surface area contributed by atoms with Gasteiger partial charge in [-0.25, -0.2) is 5.43 Å². The zero-order valence-corrected chi connectivity index (χ0v) is 13.4. The summed E-state index contributed by atoms with van der Waals surface area (Å²) in [5, 5.41) is 4.03. The number of hydrogen-bond donors (Lipinski definition) is 1. The molecular weight excluding hydrogens is 328 g/mol. The summed E-state index contributed by atoms with van der Waals surface area (Å²) in [6.45, 7) is 2.00. The average molecular weight is 345 g/mol. The number of rotatable bonds is 5. The van der Waals surface area contributed by atoms with Gasteiger partial charge >= 0.3 is 0 Å². The Bertz CT molecular complexity index is 608. The summed E-state index contributed by atoms with van der Waals surface area (Å²) in [6.07, 6.45) is 2.38. The van der Waals surface area contributed by atoms with Crippen molar-refractivity contribution < 1.29 is 4.79 Å². The summed E-state index contributed by atoms with van der Waals surface area (Å²) in [7, 11) is 0. The maximum absolute atomic E-state index is 12.2. The fourth-order valence-electron chi connectivity index (χ4n) is 2.06. The topological polar surface area (TPSA) is 41.5 Å². The minimum absolute atomic E-state index is 0.0861. The summed E-state index contributed by atoms with van der Waals surface area (Å²) >= 11 is 3.38. The van der Waals surface area contributed by atoms with E-state index < -0.39 is 0 Å². The molecule has 0 aliphatic carbocycles. The summed E-state index contributed by atoms with van der Waals surface area (Å²) in [5.41, 5.74) is 4.56. The number of hydrazone groups is 1. The van der Waals surface area contributed by atoms with Gasteiger partial charge < -0.3 is 0 Å². The quantitative estimate of drug-likeness (QED) is 0.644. The highest BCUT2D eigenvalue weighted by molar-refractivity contribution is 9.10. The van der Waals surface area contributed by atoms with Crippen molar-refractivity contribution in [3.8, 4) is 0 Å². The molecule has 4 heteroatoms. The molecule has 0 saturated heterocycles. The van der Waals surface area contributed by atoms with Gasteiger partial charge in [0, 0.05) is 4.47 Å². The van der Waals surface area contributed by atoms with Crippen molar-refractivity contribution in [2.75, 3.05) is 0 Å². The number of carbonyl (C=O) groups excluding carboxylic acids is 1. The fraction of sp³-hybridized carbons (Fsp3) is 0.176. The Morgan fingerprint density at radius 2 is 1.86 bits per heavy atom. The lowest BCUT2D eigenvalue weighted by atomic mass is 9.96. The number of halogens is 1. The van der Waals surface area contributed by atoms with Crippen LogP contribution in [0.3, 0.4) is 0 Å². The standard InChI is InChI=1S/C17H17BrN2O/c1-2-16(14-6-4-3-5-7-14)17(21)20-19-12-13-8-10-15(18)11-9-13/h3-12,16H,2H2,1H3,(H,20,21)/b19-12-. The second-order valence-electron chi connectivity index (χ2n) is 4.66. The molecule has 2 rings (SSSR count). The Balaban J connectivity index is 1.98. The first-order valence-corrected chi connectivity index (χ1v) is 7.63. The molecule has 0 radical (unpaired) electrons. The van der Waals surface area contributed by atoms with Crippen molar-refractivity contribution in [1.82, 2.24) is 5.43 Å². The van der Waals surface area contributed by atoms with Crippen LogP contribution in [0.4, 0.5) is 0 Å². The maximum Gasteiger partial charge on any atom is 0.247 e. The number of carbonyl (C=O) groups is 1. The molecule has 0 bridgehead atoms. The third-order valence-corrected chi connectivity index (χ3v) is 3.71. The molecule has 1 amide bonds. The first kappa shape index (κ1) is 15.4. The molecule has 21 heavy (non-hydrogen) atoms. The Morgan fingerprint density at radius 3 is 2.48 bits per heavy atom. The van der Waals surface area contributed by atoms with Gasteiger partial charge in [0.1, 0.15) is 0 Å². The molecule has 108 valence electrons. The molecule has 0 aromatic heterocycles. The predicted octanol–water partition coefficient (Wildman–Crippen LogP) is 4.09. The highest BCUT2D eigenvalue weighted by Crippen LogP contribution is 2.19. The van der Waals surface area contributed by atoms with Crippen LogP contribution in [0.5, 0.6) is 0 Å². The highest BCUT2D eigenvalue weighted by Gasteiger charge is 2.17. The number of nitrogens with zero attached hydrogens (tertiary/aromatic N) is 1. The Morgan fingerprint density at radius 1 is 1.19 bits per heavy atom. The van der Waals surface area contributed by atoms with Gasteiger partial charge in [0.05, 0.1) is 12.1 Å². The lowest BCUT2D eigenvalue weighted by molar-refractivity contribution is -0.122. The molecule has 2 aromatic carbocycles. The minimum atomic E-state index is -0.173. The summed E-state index contributed by atoms with van der Waals surface area (Å²) in [6, 6.07) is 17.5. The van der Waals surface area contributed by atoms with Crippen LogP contribution in [0.2, 0.25) is 0 Å². The normalized spacial score (nSPS) is 12.3. The zero-order valence-electron chi connectivity index (χ0n) is 11.8. The van der Waals surface area contributed by atoms with Crippen LogP contribution in [-0.2, 0) is 4.79 Å². The van der Waals surface area contributed by atoms with E-state index in [0.29, 0.717) is 0 Å². The van der Waals surface area contributed by atoms with Crippen molar-refractivity contribution in [3.63, 3.8) is 0 Å². The molecule has 0 aliphatic rings. The van der Waals surface area contributed by atoms with Crippen molar-refractivity contribution in [3.05, 3.63) is 70.2 Å². The maximum atomic E-state index is 12.2. The van der Waals surface area contributed by atoms with Gasteiger partial charge in [0.15, 0.2) is 0 Å². The van der Waals surface area contributed by atoms with Gasteiger partial charge in [0.2, 0.25) is 5.91 Å². The Labute approximate surface area is 133 Å². The van der Waals surface area contributed by atoms with Gasteiger partial charge in [-0.1, -0.05) is 65.3 Å². The third kappa shape index (κ3) is 4.53. The summed E-state index contributed by atoms with van der Waals surface area (Å²) < 4.78 is 1.01. The van der Waals surface area contributed by atoms with Crippen LogP contribution in [0.1, 0.15) is 30.4 Å². The smallest absolute Gasteiger partial charge is 0.247 e. The van der Waals surface area contributed by atoms with Crippen molar-refractivity contribution in [2.45, 2.75) is 19.3 Å². The molecule has 0 aliphatic heterocycles. The monoisotopic (exact) mass is 344 g/mol. The van der Waals surface area contributed by atoms with Crippen LogP contribution in [0.15, 0.2) is 64.2 Å². The lowest BCUT2D eigenvalue weighted by Gasteiger charge is -2.12. The second kappa shape index (κ2) is 7.74. The molecule has 3 nitrogen and oxygen atoms in total. The SMILES string of the molecule is CCC(C(=O)N/N=C\c1ccc(Br)cc1)c1ccccc1. The zero-order chi connectivity index (χ0) is 15.1. The fourth-order valence-corrected chi connectivity index (χ4v) is 2.32. The van der Waals surface area contributed by atoms with Crippen molar-refractivity contribution >= 4 is 28.1 Å². The van der Waals surface area contributed by atoms with E-state index in [4.69, 9.17) is 0 Å². The first-order valence-electron chi connectivity index (χ1n) is 6.84. The number of nitrogens with one attached hydrogen (secondary N) is 1. The van der Waals surface area contributed by atoms with Gasteiger partial charge in [-0.2, -0.15) is 5.10 Å². The molecule has 1 unspecified atom stereocenters. The van der Waals surface area contributed by atoms with Crippen LogP contribution < -0.4 is 5.43 Å². The summed E-state index contributed by atoms with van der Waals surface area (Å²) in [5.74, 6) is -0.259. The predicted molar refractivity (Wildman–Crippen MR) is 89.4 cm³/mol. The van der Waals surface area contributed by atoms with E-state index in [1.54, 1.807) is 6.21 Å². The molecular formula is C17H17BrN2O. The van der Waals surface area contributed by atoms with E-state index in [1.807, 2.05) is 61.5 Å². The van der Waals surface area contributed by atoms with E-state index >= 15 is 0 Å². The Hall–Kier alpha value is -1.94. The van der Waals surface area contributed by atoms with Crippen LogP contribution in [0, 0.1) is 0 Å². The van der Waals surface area contributed by atoms with Crippen LogP contribution in [0.25, 0.3) is 0 Å². The van der Waals surface area contributed by atoms with E-state index in [0.717, 1.165) is 22.0 Å². The number of hydrogen-bond acceptors (Lipinski definition) is 2. The molecule has 0 spiro atoms. The molecule has 1 N–H and O–H groups in total. The largest absolute Gasteiger partial charge is 0.272 e. The molecule has 2 aromatic rings. The van der Waals surface area contributed by atoms with Crippen molar-refractivity contribution in [1.29, 1.82) is 0 Å². The van der Waals surface area contributed by atoms with E-state index in [1.165, 1.54) is 0 Å². The van der Waals surface area contributed by atoms with E-state index in [9.17, 15) is 4.79 Å². The molecule has 0 fully saturated rings. The minimum Gasteiger partial charge on any atom is -0.272 e. The van der Waals surface area contributed by atoms with E-state index in [-0.39, 0.29) is 11.8 Å². The van der Waals surface area contributed by atoms with Gasteiger partial charge in [-0.05, 0) is 29.7 Å². The molecule has 1 atom stereocenters. The highest BCUT2D eigenvalue weighted by atomic mass is 79.9. The molecule has 0 saturated carbocycles. The van der Waals surface area contributed by atoms with Crippen molar-refractivity contribution in [2.24, 2.45) is 5.10 Å². The van der Waals surface area contributed by atoms with Gasteiger partial charge in [-0.15, -0.1) is 0 Å². The Kier molecular flexibility index (Phi) is 5.69. The van der Waals surface area contributed by atoms with Crippen LogP contribution >= 0.6 is 15.9 Å². The van der Waals surface area contributed by atoms with Gasteiger partial charge in [-0.3, -0.25) is 4.79 Å². The number of amides is 1. The third-order valence-electron chi connectivity index (χ3n) is 3.19. The van der Waals surface area contributed by atoms with Crippen LogP contribution in [-0.4, -0.2) is 12.1 Å². The lowest BCUT2D eigenvalue weighted by Crippen LogP contribution is -2.25. The second-order valence-corrected chi connectivity index (χ2v) is 5.57. The van der Waals surface area contributed by atoms with Gasteiger partial charge in [0.25, 0.3) is 0 Å².